The van der Waals surface area contributed by atoms with Crippen molar-refractivity contribution in [2.24, 2.45) is 10.2 Å². The Bertz CT molecular complexity index is 710. The molecule has 0 spiro atoms. The molecule has 0 saturated carbocycles. The van der Waals surface area contributed by atoms with Gasteiger partial charge in [0.1, 0.15) is 11.7 Å². The smallest absolute Gasteiger partial charge is 0.337 e. The lowest BCUT2D eigenvalue weighted by atomic mass is 9.97. The SMILES string of the molecule is COC(=O)c1cccc(C2N=Nc3c(N)cccc32)c1. The van der Waals surface area contributed by atoms with E-state index in [0.717, 1.165) is 11.1 Å². The zero-order chi connectivity index (χ0) is 14.1. The fraction of sp³-hybridized carbons (Fsp3) is 0.133. The monoisotopic (exact) mass is 267 g/mol. The Balaban J connectivity index is 2.03. The number of nitrogens with zero attached hydrogens (tertiary/aromatic N) is 2. The van der Waals surface area contributed by atoms with Crippen molar-refractivity contribution in [1.82, 2.24) is 0 Å². The highest BCUT2D eigenvalue weighted by Crippen LogP contribution is 2.42. The zero-order valence-corrected chi connectivity index (χ0v) is 10.9. The molecule has 1 aliphatic rings. The van der Waals surface area contributed by atoms with E-state index < -0.39 is 0 Å². The van der Waals surface area contributed by atoms with Gasteiger partial charge in [0.15, 0.2) is 0 Å². The number of fused-ring (bicyclic) bond motifs is 1. The molecule has 0 radical (unpaired) electrons. The number of hydrogen-bond donors (Lipinski definition) is 1. The molecular weight excluding hydrogens is 254 g/mol. The second kappa shape index (κ2) is 4.77. The first kappa shape index (κ1) is 12.3. The number of azo groups is 1. The van der Waals surface area contributed by atoms with Crippen molar-refractivity contribution in [2.75, 3.05) is 12.8 Å². The molecule has 1 aliphatic heterocycles. The summed E-state index contributed by atoms with van der Waals surface area (Å²) in [7, 11) is 1.36. The Labute approximate surface area is 116 Å². The standard InChI is InChI=1S/C15H13N3O2/c1-20-15(19)10-5-2-4-9(8-10)13-11-6-3-7-12(16)14(11)18-17-13/h2-8,13H,16H2,1H3. The summed E-state index contributed by atoms with van der Waals surface area (Å²) in [5.74, 6) is -0.366. The highest BCUT2D eigenvalue weighted by Gasteiger charge is 2.24. The van der Waals surface area contributed by atoms with Crippen LogP contribution in [0.2, 0.25) is 0 Å². The largest absolute Gasteiger partial charge is 0.465 e. The lowest BCUT2D eigenvalue weighted by Gasteiger charge is -2.10. The van der Waals surface area contributed by atoms with E-state index in [9.17, 15) is 4.79 Å². The molecule has 1 heterocycles. The third kappa shape index (κ3) is 1.93. The van der Waals surface area contributed by atoms with Gasteiger partial charge in [-0.15, -0.1) is 0 Å². The molecule has 2 N–H and O–H groups in total. The molecule has 1 atom stereocenters. The molecular formula is C15H13N3O2. The van der Waals surface area contributed by atoms with Crippen LogP contribution in [-0.2, 0) is 4.74 Å². The van der Waals surface area contributed by atoms with Crippen LogP contribution >= 0.6 is 0 Å². The van der Waals surface area contributed by atoms with E-state index in [1.54, 1.807) is 24.3 Å². The summed E-state index contributed by atoms with van der Waals surface area (Å²) >= 11 is 0. The second-order valence-corrected chi connectivity index (χ2v) is 4.52. The maximum absolute atomic E-state index is 11.6. The van der Waals surface area contributed by atoms with Gasteiger partial charge in [0.05, 0.1) is 18.4 Å². The third-order valence-corrected chi connectivity index (χ3v) is 3.29. The van der Waals surface area contributed by atoms with Crippen molar-refractivity contribution >= 4 is 17.3 Å². The van der Waals surface area contributed by atoms with Crippen LogP contribution in [0.4, 0.5) is 11.4 Å². The first-order valence-corrected chi connectivity index (χ1v) is 6.18. The molecule has 0 amide bonds. The van der Waals surface area contributed by atoms with E-state index in [0.29, 0.717) is 16.9 Å². The van der Waals surface area contributed by atoms with Gasteiger partial charge in [0, 0.05) is 5.56 Å². The number of nitrogen functional groups attached to an aromatic ring is 1. The lowest BCUT2D eigenvalue weighted by molar-refractivity contribution is 0.0600. The minimum absolute atomic E-state index is 0.224. The topological polar surface area (TPSA) is 77.0 Å². The second-order valence-electron chi connectivity index (χ2n) is 4.52. The van der Waals surface area contributed by atoms with E-state index >= 15 is 0 Å². The highest BCUT2D eigenvalue weighted by atomic mass is 16.5. The molecule has 1 unspecified atom stereocenters. The van der Waals surface area contributed by atoms with Gasteiger partial charge in [-0.05, 0) is 23.8 Å². The molecule has 0 aromatic heterocycles. The quantitative estimate of drug-likeness (QED) is 0.670. The number of benzene rings is 2. The molecule has 100 valence electrons. The van der Waals surface area contributed by atoms with Crippen LogP contribution in [0.5, 0.6) is 0 Å². The Morgan fingerprint density at radius 2 is 2.05 bits per heavy atom. The predicted molar refractivity (Wildman–Crippen MR) is 75.0 cm³/mol. The normalized spacial score (nSPS) is 15.9. The summed E-state index contributed by atoms with van der Waals surface area (Å²) < 4.78 is 4.73. The van der Waals surface area contributed by atoms with Crippen molar-refractivity contribution in [2.45, 2.75) is 6.04 Å². The molecule has 2 aromatic carbocycles. The Kier molecular flexibility index (Phi) is 2.95. The summed E-state index contributed by atoms with van der Waals surface area (Å²) in [5, 5.41) is 8.39. The first-order chi connectivity index (χ1) is 9.70. The van der Waals surface area contributed by atoms with E-state index in [-0.39, 0.29) is 12.0 Å². The minimum Gasteiger partial charge on any atom is -0.465 e. The highest BCUT2D eigenvalue weighted by molar-refractivity contribution is 5.89. The van der Waals surface area contributed by atoms with Crippen molar-refractivity contribution in [3.63, 3.8) is 0 Å². The summed E-state index contributed by atoms with van der Waals surface area (Å²) in [5.41, 5.74) is 9.54. The van der Waals surface area contributed by atoms with Gasteiger partial charge >= 0.3 is 5.97 Å². The summed E-state index contributed by atoms with van der Waals surface area (Å²) in [6.07, 6.45) is 0. The van der Waals surface area contributed by atoms with Crippen molar-refractivity contribution in [3.8, 4) is 0 Å². The van der Waals surface area contributed by atoms with Crippen LogP contribution in [-0.4, -0.2) is 13.1 Å². The zero-order valence-electron chi connectivity index (χ0n) is 10.9. The average molecular weight is 267 g/mol. The van der Waals surface area contributed by atoms with E-state index in [2.05, 4.69) is 10.2 Å². The summed E-state index contributed by atoms with van der Waals surface area (Å²) in [6.45, 7) is 0. The number of esters is 1. The predicted octanol–water partition coefficient (Wildman–Crippen LogP) is 3.24. The van der Waals surface area contributed by atoms with Crippen molar-refractivity contribution < 1.29 is 9.53 Å². The lowest BCUT2D eigenvalue weighted by Crippen LogP contribution is -2.03. The number of carbonyl (C=O) groups is 1. The molecule has 20 heavy (non-hydrogen) atoms. The summed E-state index contributed by atoms with van der Waals surface area (Å²) in [4.78, 5) is 11.6. The fourth-order valence-corrected chi connectivity index (χ4v) is 2.29. The summed E-state index contributed by atoms with van der Waals surface area (Å²) in [6, 6.07) is 12.6. The number of hydrogen-bond acceptors (Lipinski definition) is 5. The Morgan fingerprint density at radius 3 is 2.85 bits per heavy atom. The van der Waals surface area contributed by atoms with Gasteiger partial charge in [0.25, 0.3) is 0 Å². The molecule has 3 rings (SSSR count). The molecule has 5 nitrogen and oxygen atoms in total. The van der Waals surface area contributed by atoms with E-state index in [1.807, 2.05) is 18.2 Å². The molecule has 0 fully saturated rings. The number of rotatable bonds is 2. The number of ether oxygens (including phenoxy) is 1. The number of carbonyl (C=O) groups excluding carboxylic acids is 1. The Hall–Kier alpha value is -2.69. The van der Waals surface area contributed by atoms with E-state index in [1.165, 1.54) is 7.11 Å². The van der Waals surface area contributed by atoms with Gasteiger partial charge in [-0.25, -0.2) is 4.79 Å². The average Bonchev–Trinajstić information content (AvgIpc) is 2.92. The van der Waals surface area contributed by atoms with Crippen molar-refractivity contribution in [1.29, 1.82) is 0 Å². The maximum Gasteiger partial charge on any atom is 0.337 e. The number of methoxy groups -OCH3 is 1. The first-order valence-electron chi connectivity index (χ1n) is 6.18. The van der Waals surface area contributed by atoms with Crippen LogP contribution in [0.3, 0.4) is 0 Å². The van der Waals surface area contributed by atoms with Crippen LogP contribution in [0, 0.1) is 0 Å². The number of anilines is 1. The van der Waals surface area contributed by atoms with Crippen LogP contribution < -0.4 is 5.73 Å². The maximum atomic E-state index is 11.6. The number of nitrogens with two attached hydrogens (primary N) is 1. The molecule has 0 aliphatic carbocycles. The van der Waals surface area contributed by atoms with Crippen molar-refractivity contribution in [3.05, 3.63) is 59.2 Å². The van der Waals surface area contributed by atoms with Gasteiger partial charge < -0.3 is 10.5 Å². The van der Waals surface area contributed by atoms with E-state index in [4.69, 9.17) is 10.5 Å². The van der Waals surface area contributed by atoms with Gasteiger partial charge in [-0.1, -0.05) is 24.3 Å². The van der Waals surface area contributed by atoms with Gasteiger partial charge in [-0.3, -0.25) is 0 Å². The minimum atomic E-state index is -0.366. The fourth-order valence-electron chi connectivity index (χ4n) is 2.29. The molecule has 0 saturated heterocycles. The van der Waals surface area contributed by atoms with Crippen LogP contribution in [0.25, 0.3) is 0 Å². The molecule has 5 heteroatoms. The third-order valence-electron chi connectivity index (χ3n) is 3.29. The van der Waals surface area contributed by atoms with Crippen LogP contribution in [0.1, 0.15) is 27.5 Å². The Morgan fingerprint density at radius 1 is 1.25 bits per heavy atom. The van der Waals surface area contributed by atoms with Gasteiger partial charge in [0.2, 0.25) is 0 Å². The molecule has 0 bridgehead atoms. The molecule has 2 aromatic rings. The van der Waals surface area contributed by atoms with Crippen LogP contribution in [0.15, 0.2) is 52.7 Å². The van der Waals surface area contributed by atoms with Gasteiger partial charge in [-0.2, -0.15) is 10.2 Å².